The number of carbonyl (C=O) groups is 1. The molecule has 1 amide bonds. The van der Waals surface area contributed by atoms with E-state index in [-0.39, 0.29) is 27.6 Å². The monoisotopic (exact) mass is 553 g/mol. The lowest BCUT2D eigenvalue weighted by Crippen LogP contribution is -2.66. The SMILES string of the molecule is Cc1c2c(cc3c1C(SC(C)C)CC1[C@@]3(C)CC[C@@]3(C)[C@@H]4C[C@](C)(C(N)=O)CC[C@]4(C)CC[C@]13C)OCCO2. The van der Waals surface area contributed by atoms with Gasteiger partial charge in [0, 0.05) is 10.7 Å². The zero-order chi connectivity index (χ0) is 28.2. The summed E-state index contributed by atoms with van der Waals surface area (Å²) in [5.74, 6) is 2.94. The number of hydrogen-bond donors (Lipinski definition) is 1. The third-order valence-corrected chi connectivity index (χ3v) is 14.6. The van der Waals surface area contributed by atoms with E-state index in [1.807, 2.05) is 0 Å². The van der Waals surface area contributed by atoms with Crippen LogP contribution in [-0.2, 0) is 10.2 Å². The van der Waals surface area contributed by atoms with Crippen LogP contribution in [0.3, 0.4) is 0 Å². The average Bonchev–Trinajstić information content (AvgIpc) is 2.88. The normalized spacial score (nSPS) is 44.6. The van der Waals surface area contributed by atoms with Crippen LogP contribution >= 0.6 is 11.8 Å². The second kappa shape index (κ2) is 8.82. The van der Waals surface area contributed by atoms with Gasteiger partial charge in [-0.05, 0) is 120 Å². The van der Waals surface area contributed by atoms with Gasteiger partial charge in [0.05, 0.1) is 0 Å². The topological polar surface area (TPSA) is 61.6 Å². The van der Waals surface area contributed by atoms with Gasteiger partial charge in [0.15, 0.2) is 11.5 Å². The Morgan fingerprint density at radius 2 is 1.59 bits per heavy atom. The maximum absolute atomic E-state index is 12.7. The summed E-state index contributed by atoms with van der Waals surface area (Å²) in [6.07, 6.45) is 9.18. The fraction of sp³-hybridized carbons (Fsp3) is 0.794. The van der Waals surface area contributed by atoms with Crippen molar-refractivity contribution >= 4 is 17.7 Å². The predicted octanol–water partition coefficient (Wildman–Crippen LogP) is 8.12. The van der Waals surface area contributed by atoms with E-state index >= 15 is 0 Å². The summed E-state index contributed by atoms with van der Waals surface area (Å²) in [4.78, 5) is 12.7. The molecule has 4 nitrogen and oxygen atoms in total. The van der Waals surface area contributed by atoms with Gasteiger partial charge in [-0.3, -0.25) is 4.79 Å². The van der Waals surface area contributed by atoms with Crippen molar-refractivity contribution in [3.63, 3.8) is 0 Å². The van der Waals surface area contributed by atoms with E-state index in [4.69, 9.17) is 15.2 Å². The van der Waals surface area contributed by atoms with Crippen molar-refractivity contribution in [2.45, 2.75) is 123 Å². The molecule has 2 unspecified atom stereocenters. The summed E-state index contributed by atoms with van der Waals surface area (Å²) in [6, 6.07) is 2.39. The molecular weight excluding hydrogens is 502 g/mol. The molecule has 5 aliphatic rings. The van der Waals surface area contributed by atoms with Crippen molar-refractivity contribution in [1.82, 2.24) is 0 Å². The van der Waals surface area contributed by atoms with Crippen molar-refractivity contribution in [1.29, 1.82) is 0 Å². The molecule has 4 aliphatic carbocycles. The van der Waals surface area contributed by atoms with Crippen LogP contribution in [0.2, 0.25) is 0 Å². The van der Waals surface area contributed by atoms with Gasteiger partial charge >= 0.3 is 0 Å². The Labute approximate surface area is 240 Å². The standard InChI is InChI=1S/C34H51NO3S/c1-20(2)39-24-18-25-32(6,22-17-23-28(21(3)27(22)24)38-16-15-37-23)12-14-34(8)26-19-31(5,29(35)36)10-9-30(26,4)11-13-33(25,34)7/h17,20,24-26H,9-16,18-19H2,1-8H3,(H2,35,36)/t24?,25?,26-,30-,31-,32+,33-,34+/m1/s1. The van der Waals surface area contributed by atoms with Crippen LogP contribution in [0.1, 0.15) is 122 Å². The van der Waals surface area contributed by atoms with Crippen LogP contribution in [0.5, 0.6) is 11.5 Å². The van der Waals surface area contributed by atoms with Gasteiger partial charge in [0.25, 0.3) is 0 Å². The third-order valence-electron chi connectivity index (χ3n) is 13.3. The van der Waals surface area contributed by atoms with Crippen LogP contribution in [0, 0.1) is 40.4 Å². The number of rotatable bonds is 3. The third kappa shape index (κ3) is 3.73. The second-order valence-corrected chi connectivity index (χ2v) is 17.3. The minimum Gasteiger partial charge on any atom is -0.486 e. The molecule has 5 heteroatoms. The Morgan fingerprint density at radius 3 is 2.28 bits per heavy atom. The van der Waals surface area contributed by atoms with E-state index in [1.54, 1.807) is 0 Å². The van der Waals surface area contributed by atoms with E-state index in [9.17, 15) is 4.79 Å². The molecule has 0 bridgehead atoms. The highest BCUT2D eigenvalue weighted by Crippen LogP contribution is 2.76. The Morgan fingerprint density at radius 1 is 0.949 bits per heavy atom. The van der Waals surface area contributed by atoms with Gasteiger partial charge < -0.3 is 15.2 Å². The van der Waals surface area contributed by atoms with Crippen molar-refractivity contribution in [2.75, 3.05) is 13.2 Å². The van der Waals surface area contributed by atoms with Gasteiger partial charge in [-0.25, -0.2) is 0 Å². The lowest BCUT2D eigenvalue weighted by Gasteiger charge is -2.72. The molecule has 0 saturated heterocycles. The van der Waals surface area contributed by atoms with E-state index in [0.29, 0.717) is 41.0 Å². The van der Waals surface area contributed by atoms with Gasteiger partial charge in [0.1, 0.15) is 13.2 Å². The number of primary amides is 1. The summed E-state index contributed by atoms with van der Waals surface area (Å²) in [7, 11) is 0. The lowest BCUT2D eigenvalue weighted by atomic mass is 9.32. The Balaban J connectivity index is 1.49. The minimum atomic E-state index is -0.380. The lowest BCUT2D eigenvalue weighted by molar-refractivity contribution is -0.211. The number of hydrogen-bond acceptors (Lipinski definition) is 4. The summed E-state index contributed by atoms with van der Waals surface area (Å²) in [5.41, 5.74) is 10.8. The molecule has 6 rings (SSSR count). The molecule has 1 aliphatic heterocycles. The van der Waals surface area contributed by atoms with Crippen molar-refractivity contribution in [3.8, 4) is 11.5 Å². The molecular formula is C34H51NO3S. The second-order valence-electron chi connectivity index (χ2n) is 15.5. The molecule has 3 saturated carbocycles. The molecule has 3 fully saturated rings. The van der Waals surface area contributed by atoms with Gasteiger partial charge in [-0.15, -0.1) is 0 Å². The van der Waals surface area contributed by atoms with Gasteiger partial charge in [-0.2, -0.15) is 11.8 Å². The van der Waals surface area contributed by atoms with Crippen LogP contribution in [-0.4, -0.2) is 24.4 Å². The predicted molar refractivity (Wildman–Crippen MR) is 161 cm³/mol. The summed E-state index contributed by atoms with van der Waals surface area (Å²) < 4.78 is 12.4. The fourth-order valence-electron chi connectivity index (χ4n) is 10.6. The Hall–Kier alpha value is -1.36. The van der Waals surface area contributed by atoms with Crippen LogP contribution in [0.15, 0.2) is 6.07 Å². The molecule has 2 N–H and O–H groups in total. The van der Waals surface area contributed by atoms with Crippen LogP contribution < -0.4 is 15.2 Å². The quantitative estimate of drug-likeness (QED) is 0.410. The number of benzene rings is 1. The van der Waals surface area contributed by atoms with Crippen LogP contribution in [0.4, 0.5) is 0 Å². The largest absolute Gasteiger partial charge is 0.486 e. The summed E-state index contributed by atoms with van der Waals surface area (Å²) >= 11 is 2.14. The van der Waals surface area contributed by atoms with Gasteiger partial charge in [0.2, 0.25) is 5.91 Å². The Bertz CT molecular complexity index is 1200. The molecule has 8 atom stereocenters. The first-order chi connectivity index (χ1) is 18.2. The van der Waals surface area contributed by atoms with Crippen molar-refractivity contribution in [2.24, 2.45) is 39.2 Å². The zero-order valence-corrected chi connectivity index (χ0v) is 26.5. The number of thioether (sulfide) groups is 1. The zero-order valence-electron chi connectivity index (χ0n) is 25.7. The highest BCUT2D eigenvalue weighted by molar-refractivity contribution is 8.00. The highest BCUT2D eigenvalue weighted by atomic mass is 32.2. The van der Waals surface area contributed by atoms with E-state index in [0.717, 1.165) is 30.8 Å². The number of fused-ring (bicyclic) bond motifs is 8. The first-order valence-corrected chi connectivity index (χ1v) is 16.5. The summed E-state index contributed by atoms with van der Waals surface area (Å²) in [6.45, 7) is 20.8. The van der Waals surface area contributed by atoms with Gasteiger partial charge in [-0.1, -0.05) is 48.5 Å². The fourth-order valence-corrected chi connectivity index (χ4v) is 12.0. The van der Waals surface area contributed by atoms with Crippen LogP contribution in [0.25, 0.3) is 0 Å². The number of ether oxygens (including phenoxy) is 2. The smallest absolute Gasteiger partial charge is 0.223 e. The first kappa shape index (κ1) is 27.8. The Kier molecular flexibility index (Phi) is 6.29. The molecule has 39 heavy (non-hydrogen) atoms. The molecule has 1 aromatic carbocycles. The molecule has 1 heterocycles. The molecule has 216 valence electrons. The van der Waals surface area contributed by atoms with E-state index in [2.05, 4.69) is 73.2 Å². The van der Waals surface area contributed by atoms with E-state index < -0.39 is 0 Å². The van der Waals surface area contributed by atoms with E-state index in [1.165, 1.54) is 48.8 Å². The number of nitrogens with two attached hydrogens (primary N) is 1. The highest BCUT2D eigenvalue weighted by Gasteiger charge is 2.69. The van der Waals surface area contributed by atoms with Crippen molar-refractivity contribution < 1.29 is 14.3 Å². The maximum Gasteiger partial charge on any atom is 0.223 e. The number of amides is 1. The average molecular weight is 554 g/mol. The molecule has 0 radical (unpaired) electrons. The number of carbonyl (C=O) groups excluding carboxylic acids is 1. The summed E-state index contributed by atoms with van der Waals surface area (Å²) in [5, 5.41) is 1.02. The maximum atomic E-state index is 12.7. The van der Waals surface area contributed by atoms with Crippen molar-refractivity contribution in [3.05, 3.63) is 22.8 Å². The molecule has 0 spiro atoms. The molecule has 0 aromatic heterocycles. The molecule has 1 aromatic rings. The minimum absolute atomic E-state index is 0.0940. The first-order valence-electron chi connectivity index (χ1n) is 15.6.